The van der Waals surface area contributed by atoms with Crippen molar-refractivity contribution in [3.8, 4) is 0 Å². The van der Waals surface area contributed by atoms with Gasteiger partial charge in [0.15, 0.2) is 4.34 Å². The molecule has 9 heteroatoms. The van der Waals surface area contributed by atoms with Crippen LogP contribution in [-0.4, -0.2) is 33.6 Å². The molecule has 4 rings (SSSR count). The number of anilines is 2. The molecule has 3 aromatic rings. The SMILES string of the molecule is Cc1cccc(C)c1NC(=O)CSc1nc2ccc(NC(=O)[C@@H]3CCCC[C@H]3C(=O)O)cc2s1. The first-order chi connectivity index (χ1) is 16.3. The molecular formula is C25H27N3O4S2. The number of thiazole rings is 1. The van der Waals surface area contributed by atoms with Crippen LogP contribution in [0.2, 0.25) is 0 Å². The summed E-state index contributed by atoms with van der Waals surface area (Å²) in [6.07, 6.45) is 2.85. The number of nitrogens with one attached hydrogen (secondary N) is 2. The number of hydrogen-bond donors (Lipinski definition) is 3. The van der Waals surface area contributed by atoms with Crippen molar-refractivity contribution < 1.29 is 19.5 Å². The van der Waals surface area contributed by atoms with Crippen LogP contribution in [0.15, 0.2) is 40.7 Å². The number of amides is 2. The lowest BCUT2D eigenvalue weighted by Gasteiger charge is -2.27. The van der Waals surface area contributed by atoms with Gasteiger partial charge in [0.05, 0.1) is 27.8 Å². The number of carbonyl (C=O) groups excluding carboxylic acids is 2. The van der Waals surface area contributed by atoms with Crippen LogP contribution in [0, 0.1) is 25.7 Å². The van der Waals surface area contributed by atoms with Crippen molar-refractivity contribution in [3.63, 3.8) is 0 Å². The van der Waals surface area contributed by atoms with E-state index in [0.717, 1.165) is 44.2 Å². The minimum atomic E-state index is -0.902. The van der Waals surface area contributed by atoms with Crippen LogP contribution in [0.1, 0.15) is 36.8 Å². The highest BCUT2D eigenvalue weighted by atomic mass is 32.2. The predicted molar refractivity (Wildman–Crippen MR) is 137 cm³/mol. The molecule has 0 aliphatic heterocycles. The number of benzene rings is 2. The molecule has 2 aromatic carbocycles. The largest absolute Gasteiger partial charge is 0.481 e. The van der Waals surface area contributed by atoms with Gasteiger partial charge < -0.3 is 15.7 Å². The van der Waals surface area contributed by atoms with Gasteiger partial charge in [-0.1, -0.05) is 42.8 Å². The standard InChI is InChI=1S/C25H27N3O4S2/c1-14-6-5-7-15(2)22(14)28-21(29)13-33-25-27-19-11-10-16(12-20(19)34-25)26-23(30)17-8-3-4-9-18(17)24(31)32/h5-7,10-12,17-18H,3-4,8-9,13H2,1-2H3,(H,26,30)(H,28,29)(H,31,32)/t17-,18-/m1/s1. The zero-order valence-electron chi connectivity index (χ0n) is 19.1. The molecule has 178 valence electrons. The lowest BCUT2D eigenvalue weighted by atomic mass is 9.78. The Bertz CT molecular complexity index is 1220. The molecule has 0 radical (unpaired) electrons. The number of carboxylic acids is 1. The number of rotatable bonds is 7. The van der Waals surface area contributed by atoms with Gasteiger partial charge in [0, 0.05) is 11.4 Å². The Morgan fingerprint density at radius 1 is 1.06 bits per heavy atom. The summed E-state index contributed by atoms with van der Waals surface area (Å²) in [6.45, 7) is 3.94. The van der Waals surface area contributed by atoms with Gasteiger partial charge in [0.1, 0.15) is 0 Å². The molecule has 1 aromatic heterocycles. The number of carbonyl (C=O) groups is 3. The van der Waals surface area contributed by atoms with E-state index in [1.165, 1.54) is 23.1 Å². The van der Waals surface area contributed by atoms with Gasteiger partial charge in [0.2, 0.25) is 11.8 Å². The third kappa shape index (κ3) is 5.59. The van der Waals surface area contributed by atoms with Gasteiger partial charge in [-0.05, 0) is 56.0 Å². The summed E-state index contributed by atoms with van der Waals surface area (Å²) in [5.41, 5.74) is 4.31. The normalized spacial score (nSPS) is 17.9. The monoisotopic (exact) mass is 497 g/mol. The summed E-state index contributed by atoms with van der Waals surface area (Å²) in [6, 6.07) is 11.4. The van der Waals surface area contributed by atoms with Crippen molar-refractivity contribution in [1.29, 1.82) is 0 Å². The van der Waals surface area contributed by atoms with E-state index in [9.17, 15) is 19.5 Å². The number of fused-ring (bicyclic) bond motifs is 1. The summed E-state index contributed by atoms with van der Waals surface area (Å²) >= 11 is 2.83. The molecule has 0 unspecified atom stereocenters. The van der Waals surface area contributed by atoms with E-state index < -0.39 is 17.8 Å². The molecule has 1 heterocycles. The van der Waals surface area contributed by atoms with Crippen molar-refractivity contribution in [2.75, 3.05) is 16.4 Å². The lowest BCUT2D eigenvalue weighted by molar-refractivity contribution is -0.147. The Morgan fingerprint density at radius 2 is 1.76 bits per heavy atom. The molecule has 1 fully saturated rings. The first-order valence-electron chi connectivity index (χ1n) is 11.2. The Kier molecular flexibility index (Phi) is 7.53. The smallest absolute Gasteiger partial charge is 0.307 e. The molecule has 0 bridgehead atoms. The lowest BCUT2D eigenvalue weighted by Crippen LogP contribution is -2.36. The number of aryl methyl sites for hydroxylation is 2. The molecule has 2 amide bonds. The highest BCUT2D eigenvalue weighted by Gasteiger charge is 2.35. The van der Waals surface area contributed by atoms with Crippen molar-refractivity contribution >= 4 is 62.5 Å². The number of carboxylic acid groups (broad SMARTS) is 1. The Hall–Kier alpha value is -2.91. The number of para-hydroxylation sites is 1. The minimum Gasteiger partial charge on any atom is -0.481 e. The van der Waals surface area contributed by atoms with Gasteiger partial charge >= 0.3 is 5.97 Å². The molecule has 1 saturated carbocycles. The van der Waals surface area contributed by atoms with Gasteiger partial charge in [-0.2, -0.15) is 0 Å². The predicted octanol–water partition coefficient (Wildman–Crippen LogP) is 5.47. The maximum absolute atomic E-state index is 12.8. The van der Waals surface area contributed by atoms with E-state index in [1.807, 2.05) is 44.2 Å². The van der Waals surface area contributed by atoms with Crippen LogP contribution in [0.5, 0.6) is 0 Å². The van der Waals surface area contributed by atoms with Crippen LogP contribution in [0.25, 0.3) is 10.2 Å². The second kappa shape index (κ2) is 10.6. The summed E-state index contributed by atoms with van der Waals surface area (Å²) in [4.78, 5) is 41.3. The van der Waals surface area contributed by atoms with Crippen molar-refractivity contribution in [1.82, 2.24) is 4.98 Å². The number of thioether (sulfide) groups is 1. The van der Waals surface area contributed by atoms with E-state index in [4.69, 9.17) is 0 Å². The molecule has 0 spiro atoms. The molecule has 7 nitrogen and oxygen atoms in total. The molecule has 0 saturated heterocycles. The Balaban J connectivity index is 1.38. The molecule has 1 aliphatic carbocycles. The zero-order chi connectivity index (χ0) is 24.2. The van der Waals surface area contributed by atoms with E-state index in [1.54, 1.807) is 6.07 Å². The average molecular weight is 498 g/mol. The number of nitrogens with zero attached hydrogens (tertiary/aromatic N) is 1. The maximum atomic E-state index is 12.8. The van der Waals surface area contributed by atoms with Gasteiger partial charge in [0.25, 0.3) is 0 Å². The van der Waals surface area contributed by atoms with E-state index in [-0.39, 0.29) is 17.6 Å². The van der Waals surface area contributed by atoms with Crippen LogP contribution >= 0.6 is 23.1 Å². The third-order valence-corrected chi connectivity index (χ3v) is 8.29. The number of hydrogen-bond acceptors (Lipinski definition) is 6. The van der Waals surface area contributed by atoms with Gasteiger partial charge in [-0.15, -0.1) is 11.3 Å². The quantitative estimate of drug-likeness (QED) is 0.373. The Morgan fingerprint density at radius 3 is 2.47 bits per heavy atom. The first-order valence-corrected chi connectivity index (χ1v) is 13.0. The molecule has 2 atom stereocenters. The highest BCUT2D eigenvalue weighted by molar-refractivity contribution is 8.01. The van der Waals surface area contributed by atoms with Gasteiger partial charge in [-0.25, -0.2) is 4.98 Å². The van der Waals surface area contributed by atoms with Crippen LogP contribution in [0.3, 0.4) is 0 Å². The van der Waals surface area contributed by atoms with E-state index >= 15 is 0 Å². The maximum Gasteiger partial charge on any atom is 0.307 e. The van der Waals surface area contributed by atoms with E-state index in [2.05, 4.69) is 15.6 Å². The van der Waals surface area contributed by atoms with E-state index in [0.29, 0.717) is 18.5 Å². The Labute approximate surface area is 206 Å². The summed E-state index contributed by atoms with van der Waals surface area (Å²) in [5.74, 6) is -2.12. The van der Waals surface area contributed by atoms with Crippen molar-refractivity contribution in [3.05, 3.63) is 47.5 Å². The third-order valence-electron chi connectivity index (χ3n) is 6.13. The topological polar surface area (TPSA) is 108 Å². The molecule has 3 N–H and O–H groups in total. The minimum absolute atomic E-state index is 0.0879. The van der Waals surface area contributed by atoms with Crippen LogP contribution < -0.4 is 10.6 Å². The fourth-order valence-corrected chi connectivity index (χ4v) is 6.24. The van der Waals surface area contributed by atoms with Gasteiger partial charge in [-0.3, -0.25) is 14.4 Å². The number of aliphatic carboxylic acids is 1. The average Bonchev–Trinajstić information content (AvgIpc) is 3.22. The summed E-state index contributed by atoms with van der Waals surface area (Å²) in [5, 5.41) is 15.3. The second-order valence-electron chi connectivity index (χ2n) is 8.59. The van der Waals surface area contributed by atoms with Crippen molar-refractivity contribution in [2.45, 2.75) is 43.9 Å². The number of aromatic nitrogens is 1. The van der Waals surface area contributed by atoms with Crippen molar-refractivity contribution in [2.24, 2.45) is 11.8 Å². The fourth-order valence-electron chi connectivity index (χ4n) is 4.33. The zero-order valence-corrected chi connectivity index (χ0v) is 20.7. The van der Waals surface area contributed by atoms with Crippen LogP contribution in [0.4, 0.5) is 11.4 Å². The van der Waals surface area contributed by atoms with Crippen LogP contribution in [-0.2, 0) is 14.4 Å². The highest BCUT2D eigenvalue weighted by Crippen LogP contribution is 2.34. The molecule has 1 aliphatic rings. The summed E-state index contributed by atoms with van der Waals surface area (Å²) < 4.78 is 1.67. The molecular weight excluding hydrogens is 470 g/mol. The summed E-state index contributed by atoms with van der Waals surface area (Å²) in [7, 11) is 0. The molecule has 34 heavy (non-hydrogen) atoms. The second-order valence-corrected chi connectivity index (χ2v) is 10.8. The first kappa shape index (κ1) is 24.2. The fraction of sp³-hybridized carbons (Fsp3) is 0.360.